The molecule has 7 heteroatoms. The van der Waals surface area contributed by atoms with Crippen LogP contribution in [-0.4, -0.2) is 18.9 Å². The molecular formula is C16H21F3N2O2. The quantitative estimate of drug-likeness (QED) is 0.833. The summed E-state index contributed by atoms with van der Waals surface area (Å²) in [5, 5.41) is 5.31. The van der Waals surface area contributed by atoms with E-state index in [1.165, 1.54) is 37.5 Å². The molecule has 1 fully saturated rings. The predicted octanol–water partition coefficient (Wildman–Crippen LogP) is 3.82. The molecule has 2 N–H and O–H groups in total. The number of halogens is 3. The molecule has 0 aromatic heterocycles. The van der Waals surface area contributed by atoms with Crippen LogP contribution in [0.2, 0.25) is 0 Å². The summed E-state index contributed by atoms with van der Waals surface area (Å²) in [6.07, 6.45) is -1.10. The molecule has 1 aliphatic rings. The maximum absolute atomic E-state index is 12.3. The summed E-state index contributed by atoms with van der Waals surface area (Å²) in [7, 11) is 0. The smallest absolute Gasteiger partial charge is 0.405 e. The molecule has 0 bridgehead atoms. The van der Waals surface area contributed by atoms with Crippen molar-refractivity contribution in [2.24, 2.45) is 11.8 Å². The zero-order chi connectivity index (χ0) is 16.9. The van der Waals surface area contributed by atoms with Gasteiger partial charge in [0.1, 0.15) is 5.75 Å². The number of urea groups is 1. The molecule has 1 aromatic rings. The summed E-state index contributed by atoms with van der Waals surface area (Å²) in [6.45, 7) is 2.63. The number of hydrogen-bond donors (Lipinski definition) is 2. The van der Waals surface area contributed by atoms with Gasteiger partial charge in [0.25, 0.3) is 0 Å². The summed E-state index contributed by atoms with van der Waals surface area (Å²) < 4.78 is 40.9. The van der Waals surface area contributed by atoms with E-state index in [0.29, 0.717) is 18.4 Å². The number of ether oxygens (including phenoxy) is 1. The number of rotatable bonds is 6. The van der Waals surface area contributed by atoms with Crippen LogP contribution in [0, 0.1) is 11.8 Å². The second-order valence-electron chi connectivity index (χ2n) is 5.89. The average Bonchev–Trinajstić information content (AvgIpc) is 2.40. The molecule has 1 aromatic carbocycles. The molecule has 2 amide bonds. The number of para-hydroxylation sites is 1. The first-order valence-corrected chi connectivity index (χ1v) is 7.70. The second kappa shape index (κ2) is 7.57. The molecular weight excluding hydrogens is 309 g/mol. The van der Waals surface area contributed by atoms with Crippen molar-refractivity contribution in [3.63, 3.8) is 0 Å². The van der Waals surface area contributed by atoms with Crippen LogP contribution in [-0.2, 0) is 6.54 Å². The van der Waals surface area contributed by atoms with Gasteiger partial charge < -0.3 is 15.4 Å². The first-order chi connectivity index (χ1) is 10.8. The van der Waals surface area contributed by atoms with E-state index in [0.717, 1.165) is 0 Å². The topological polar surface area (TPSA) is 50.4 Å². The lowest BCUT2D eigenvalue weighted by atomic mass is 9.77. The zero-order valence-electron chi connectivity index (χ0n) is 13.0. The van der Waals surface area contributed by atoms with Crippen molar-refractivity contribution in [2.75, 3.05) is 6.54 Å². The Kier molecular flexibility index (Phi) is 5.74. The van der Waals surface area contributed by atoms with Crippen LogP contribution in [0.5, 0.6) is 5.75 Å². The lowest BCUT2D eigenvalue weighted by Crippen LogP contribution is -2.39. The molecule has 1 atom stereocenters. The molecule has 4 nitrogen and oxygen atoms in total. The number of carbonyl (C=O) groups is 1. The Labute approximate surface area is 133 Å². The molecule has 0 spiro atoms. The first kappa shape index (κ1) is 17.4. The Morgan fingerprint density at radius 2 is 2.00 bits per heavy atom. The fourth-order valence-corrected chi connectivity index (χ4v) is 2.54. The fourth-order valence-electron chi connectivity index (χ4n) is 2.54. The molecule has 0 heterocycles. The van der Waals surface area contributed by atoms with Gasteiger partial charge in [0, 0.05) is 18.7 Å². The molecule has 0 aliphatic heterocycles. The Morgan fingerprint density at radius 3 is 2.61 bits per heavy atom. The highest BCUT2D eigenvalue weighted by Gasteiger charge is 2.32. The number of amides is 2. The van der Waals surface area contributed by atoms with Gasteiger partial charge in [-0.05, 0) is 17.9 Å². The highest BCUT2D eigenvalue weighted by molar-refractivity contribution is 5.73. The van der Waals surface area contributed by atoms with Crippen LogP contribution in [0.3, 0.4) is 0 Å². The van der Waals surface area contributed by atoms with Crippen LogP contribution >= 0.6 is 0 Å². The van der Waals surface area contributed by atoms with E-state index < -0.39 is 12.4 Å². The third-order valence-corrected chi connectivity index (χ3v) is 4.18. The fraction of sp³-hybridized carbons (Fsp3) is 0.562. The van der Waals surface area contributed by atoms with E-state index in [9.17, 15) is 18.0 Å². The third kappa shape index (κ3) is 5.65. The summed E-state index contributed by atoms with van der Waals surface area (Å²) in [4.78, 5) is 11.8. The first-order valence-electron chi connectivity index (χ1n) is 7.70. The van der Waals surface area contributed by atoms with E-state index in [2.05, 4.69) is 22.3 Å². The molecule has 0 radical (unpaired) electrons. The molecule has 1 unspecified atom stereocenters. The monoisotopic (exact) mass is 330 g/mol. The van der Waals surface area contributed by atoms with Crippen molar-refractivity contribution in [1.29, 1.82) is 0 Å². The summed E-state index contributed by atoms with van der Waals surface area (Å²) in [6, 6.07) is 5.36. The maximum atomic E-state index is 12.3. The zero-order valence-corrected chi connectivity index (χ0v) is 13.0. The number of carbonyl (C=O) groups excluding carboxylic acids is 1. The molecule has 1 aliphatic carbocycles. The predicted molar refractivity (Wildman–Crippen MR) is 79.9 cm³/mol. The van der Waals surface area contributed by atoms with Crippen LogP contribution < -0.4 is 15.4 Å². The minimum absolute atomic E-state index is 0.0318. The second-order valence-corrected chi connectivity index (χ2v) is 5.89. The Hall–Kier alpha value is -1.92. The number of hydrogen-bond acceptors (Lipinski definition) is 2. The number of benzene rings is 1. The van der Waals surface area contributed by atoms with Crippen molar-refractivity contribution in [1.82, 2.24) is 10.6 Å². The van der Waals surface area contributed by atoms with Gasteiger partial charge in [0.15, 0.2) is 0 Å². The van der Waals surface area contributed by atoms with Crippen molar-refractivity contribution >= 4 is 6.03 Å². The molecule has 128 valence electrons. The van der Waals surface area contributed by atoms with Crippen molar-refractivity contribution < 1.29 is 22.7 Å². The van der Waals surface area contributed by atoms with Crippen LogP contribution in [0.25, 0.3) is 0 Å². The van der Waals surface area contributed by atoms with Gasteiger partial charge in [-0.3, -0.25) is 0 Å². The Bertz CT molecular complexity index is 530. The Balaban J connectivity index is 1.79. The van der Waals surface area contributed by atoms with Crippen LogP contribution in [0.4, 0.5) is 18.0 Å². The molecule has 1 saturated carbocycles. The highest BCUT2D eigenvalue weighted by atomic mass is 19.4. The molecule has 23 heavy (non-hydrogen) atoms. The molecule has 0 saturated heterocycles. The van der Waals surface area contributed by atoms with Crippen LogP contribution in [0.15, 0.2) is 24.3 Å². The average molecular weight is 330 g/mol. The molecule has 2 rings (SSSR count). The van der Waals surface area contributed by atoms with E-state index in [4.69, 9.17) is 0 Å². The van der Waals surface area contributed by atoms with E-state index in [-0.39, 0.29) is 17.9 Å². The maximum Gasteiger partial charge on any atom is 0.573 e. The van der Waals surface area contributed by atoms with Gasteiger partial charge in [-0.2, -0.15) is 0 Å². The van der Waals surface area contributed by atoms with E-state index in [1.807, 2.05) is 0 Å². The van der Waals surface area contributed by atoms with Gasteiger partial charge in [0.05, 0.1) is 0 Å². The van der Waals surface area contributed by atoms with Gasteiger partial charge >= 0.3 is 12.4 Å². The standard InChI is InChI=1S/C16H21F3N2O2/c1-11(12-6-4-7-12)9-20-15(22)21-10-13-5-2-3-8-14(13)23-16(17,18)19/h2-3,5,8,11-12H,4,6-7,9-10H2,1H3,(H2,20,21,22). The number of alkyl halides is 3. The number of nitrogens with one attached hydrogen (secondary N) is 2. The van der Waals surface area contributed by atoms with Gasteiger partial charge in [0.2, 0.25) is 0 Å². The van der Waals surface area contributed by atoms with Crippen molar-refractivity contribution in [3.05, 3.63) is 29.8 Å². The van der Waals surface area contributed by atoms with Gasteiger partial charge in [-0.15, -0.1) is 13.2 Å². The van der Waals surface area contributed by atoms with Crippen molar-refractivity contribution in [3.8, 4) is 5.75 Å². The SMILES string of the molecule is CC(CNC(=O)NCc1ccccc1OC(F)(F)F)C1CCC1. The normalized spacial score (nSPS) is 16.3. The van der Waals surface area contributed by atoms with Crippen molar-refractivity contribution in [2.45, 2.75) is 39.1 Å². The largest absolute Gasteiger partial charge is 0.573 e. The van der Waals surface area contributed by atoms with Crippen LogP contribution in [0.1, 0.15) is 31.7 Å². The lowest BCUT2D eigenvalue weighted by Gasteiger charge is -2.31. The summed E-state index contributed by atoms with van der Waals surface area (Å²) in [5.74, 6) is 0.773. The van der Waals surface area contributed by atoms with Gasteiger partial charge in [-0.25, -0.2) is 4.79 Å². The minimum Gasteiger partial charge on any atom is -0.405 e. The Morgan fingerprint density at radius 1 is 1.30 bits per heavy atom. The van der Waals surface area contributed by atoms with E-state index in [1.54, 1.807) is 6.07 Å². The lowest BCUT2D eigenvalue weighted by molar-refractivity contribution is -0.274. The minimum atomic E-state index is -4.75. The van der Waals surface area contributed by atoms with E-state index >= 15 is 0 Å². The highest BCUT2D eigenvalue weighted by Crippen LogP contribution is 2.32. The summed E-state index contributed by atoms with van der Waals surface area (Å²) >= 11 is 0. The third-order valence-electron chi connectivity index (χ3n) is 4.18. The summed E-state index contributed by atoms with van der Waals surface area (Å²) in [5.41, 5.74) is 0.270. The van der Waals surface area contributed by atoms with Gasteiger partial charge in [-0.1, -0.05) is 44.4 Å².